The number of nitrogens with one attached hydrogen (secondary N) is 1. The minimum absolute atomic E-state index is 0.0256. The molecule has 1 aliphatic rings. The molecule has 84 valence electrons. The summed E-state index contributed by atoms with van der Waals surface area (Å²) >= 11 is 0. The van der Waals surface area contributed by atoms with Gasteiger partial charge in [0.05, 0.1) is 0 Å². The maximum Gasteiger partial charge on any atom is 0.278 e. The molecule has 6 heteroatoms. The first kappa shape index (κ1) is 11.9. The summed E-state index contributed by atoms with van der Waals surface area (Å²) in [6.07, 6.45) is 2.69. The van der Waals surface area contributed by atoms with Crippen molar-refractivity contribution < 1.29 is 13.5 Å². The molecule has 0 saturated heterocycles. The molecule has 0 atom stereocenters. The Morgan fingerprint density at radius 3 is 2.36 bits per heavy atom. The standard InChI is InChI=1S/C8H18N2O3S/c1-10(2)14(12,13)9-7-8(3-4-8)5-6-11/h9,11H,3-7H2,1-2H3. The zero-order chi connectivity index (χ0) is 10.8. The Kier molecular flexibility index (Phi) is 3.52. The summed E-state index contributed by atoms with van der Waals surface area (Å²) in [7, 11) is -0.320. The highest BCUT2D eigenvalue weighted by atomic mass is 32.2. The van der Waals surface area contributed by atoms with Crippen molar-refractivity contribution >= 4 is 10.2 Å². The van der Waals surface area contributed by atoms with Gasteiger partial charge in [-0.3, -0.25) is 0 Å². The summed E-state index contributed by atoms with van der Waals surface area (Å²) in [6.45, 7) is 0.567. The number of hydrogen-bond donors (Lipinski definition) is 2. The van der Waals surface area contributed by atoms with Gasteiger partial charge in [-0.2, -0.15) is 12.7 Å². The Bertz CT molecular complexity index is 283. The van der Waals surface area contributed by atoms with E-state index in [4.69, 9.17) is 5.11 Å². The number of aliphatic hydroxyl groups is 1. The van der Waals surface area contributed by atoms with Crippen LogP contribution in [0.3, 0.4) is 0 Å². The van der Waals surface area contributed by atoms with E-state index in [9.17, 15) is 8.42 Å². The van der Waals surface area contributed by atoms with Crippen LogP contribution in [0.2, 0.25) is 0 Å². The molecule has 2 N–H and O–H groups in total. The Hall–Kier alpha value is -0.170. The van der Waals surface area contributed by atoms with Crippen molar-refractivity contribution in [2.75, 3.05) is 27.2 Å². The number of aliphatic hydroxyl groups excluding tert-OH is 1. The van der Waals surface area contributed by atoms with Crippen LogP contribution in [0.5, 0.6) is 0 Å². The Morgan fingerprint density at radius 2 is 2.00 bits per heavy atom. The van der Waals surface area contributed by atoms with E-state index in [0.29, 0.717) is 13.0 Å². The first-order chi connectivity index (χ1) is 6.42. The van der Waals surface area contributed by atoms with Gasteiger partial charge in [0.1, 0.15) is 0 Å². The maximum atomic E-state index is 11.4. The van der Waals surface area contributed by atoms with Crippen LogP contribution in [-0.2, 0) is 10.2 Å². The van der Waals surface area contributed by atoms with Crippen LogP contribution in [0.1, 0.15) is 19.3 Å². The molecule has 1 saturated carbocycles. The Balaban J connectivity index is 2.41. The van der Waals surface area contributed by atoms with Crippen molar-refractivity contribution in [3.8, 4) is 0 Å². The van der Waals surface area contributed by atoms with Crippen molar-refractivity contribution in [2.45, 2.75) is 19.3 Å². The summed E-state index contributed by atoms with van der Waals surface area (Å²) in [5.74, 6) is 0. The van der Waals surface area contributed by atoms with Crippen LogP contribution in [0.25, 0.3) is 0 Å². The normalized spacial score (nSPS) is 20.0. The van der Waals surface area contributed by atoms with E-state index < -0.39 is 10.2 Å². The number of rotatable bonds is 6. The van der Waals surface area contributed by atoms with E-state index in [1.54, 1.807) is 0 Å². The number of hydrogen-bond acceptors (Lipinski definition) is 3. The average Bonchev–Trinajstić information content (AvgIpc) is 2.83. The van der Waals surface area contributed by atoms with Crippen molar-refractivity contribution in [2.24, 2.45) is 5.41 Å². The zero-order valence-electron chi connectivity index (χ0n) is 8.65. The largest absolute Gasteiger partial charge is 0.396 e. The van der Waals surface area contributed by atoms with Crippen molar-refractivity contribution in [1.82, 2.24) is 9.03 Å². The van der Waals surface area contributed by atoms with Gasteiger partial charge in [0.25, 0.3) is 10.2 Å². The molecule has 0 spiro atoms. The van der Waals surface area contributed by atoms with E-state index in [-0.39, 0.29) is 12.0 Å². The minimum atomic E-state index is -3.31. The van der Waals surface area contributed by atoms with Gasteiger partial charge in [0.15, 0.2) is 0 Å². The predicted molar refractivity (Wildman–Crippen MR) is 54.0 cm³/mol. The molecule has 0 aromatic rings. The Labute approximate surface area is 85.3 Å². The Morgan fingerprint density at radius 1 is 1.43 bits per heavy atom. The summed E-state index contributed by atoms with van der Waals surface area (Å²) in [5, 5.41) is 8.79. The summed E-state index contributed by atoms with van der Waals surface area (Å²) in [6, 6.07) is 0. The monoisotopic (exact) mass is 222 g/mol. The predicted octanol–water partition coefficient (Wildman–Crippen LogP) is -0.455. The van der Waals surface area contributed by atoms with E-state index >= 15 is 0 Å². The molecule has 0 aromatic carbocycles. The second-order valence-electron chi connectivity index (χ2n) is 4.08. The topological polar surface area (TPSA) is 69.6 Å². The van der Waals surface area contributed by atoms with Gasteiger partial charge in [-0.15, -0.1) is 0 Å². The second kappa shape index (κ2) is 4.14. The molecule has 0 bridgehead atoms. The highest BCUT2D eigenvalue weighted by Crippen LogP contribution is 2.47. The molecule has 14 heavy (non-hydrogen) atoms. The van der Waals surface area contributed by atoms with Crippen LogP contribution in [0.4, 0.5) is 0 Å². The molecule has 0 amide bonds. The highest BCUT2D eigenvalue weighted by molar-refractivity contribution is 7.87. The molecule has 0 aromatic heterocycles. The second-order valence-corrected chi connectivity index (χ2v) is 6.05. The fourth-order valence-electron chi connectivity index (χ4n) is 1.30. The molecular weight excluding hydrogens is 204 g/mol. The van der Waals surface area contributed by atoms with Gasteiger partial charge >= 0.3 is 0 Å². The molecule has 1 fully saturated rings. The smallest absolute Gasteiger partial charge is 0.278 e. The van der Waals surface area contributed by atoms with E-state index in [1.165, 1.54) is 14.1 Å². The molecule has 0 unspecified atom stereocenters. The lowest BCUT2D eigenvalue weighted by Gasteiger charge is -2.17. The zero-order valence-corrected chi connectivity index (χ0v) is 9.47. The van der Waals surface area contributed by atoms with Crippen LogP contribution < -0.4 is 4.72 Å². The average molecular weight is 222 g/mol. The lowest BCUT2D eigenvalue weighted by Crippen LogP contribution is -2.39. The van der Waals surface area contributed by atoms with Gasteiger partial charge in [0, 0.05) is 27.2 Å². The van der Waals surface area contributed by atoms with E-state index in [2.05, 4.69) is 4.72 Å². The maximum absolute atomic E-state index is 11.4. The van der Waals surface area contributed by atoms with Gasteiger partial charge < -0.3 is 5.11 Å². The number of nitrogens with zero attached hydrogens (tertiary/aromatic N) is 1. The van der Waals surface area contributed by atoms with E-state index in [0.717, 1.165) is 17.1 Å². The lowest BCUT2D eigenvalue weighted by molar-refractivity contribution is 0.248. The van der Waals surface area contributed by atoms with Gasteiger partial charge in [-0.25, -0.2) is 4.72 Å². The summed E-state index contributed by atoms with van der Waals surface area (Å²) < 4.78 is 26.4. The van der Waals surface area contributed by atoms with Crippen LogP contribution in [0, 0.1) is 5.41 Å². The molecule has 5 nitrogen and oxygen atoms in total. The molecule has 1 rings (SSSR count). The fraction of sp³-hybridized carbons (Fsp3) is 1.00. The molecule has 0 radical (unpaired) electrons. The third-order valence-corrected chi connectivity index (χ3v) is 4.18. The van der Waals surface area contributed by atoms with Crippen LogP contribution >= 0.6 is 0 Å². The highest BCUT2D eigenvalue weighted by Gasteiger charge is 2.42. The van der Waals surface area contributed by atoms with Gasteiger partial charge in [-0.05, 0) is 24.7 Å². The summed E-state index contributed by atoms with van der Waals surface area (Å²) in [5.41, 5.74) is 0.0256. The van der Waals surface area contributed by atoms with Crippen LogP contribution in [-0.4, -0.2) is 45.1 Å². The van der Waals surface area contributed by atoms with Gasteiger partial charge in [-0.1, -0.05) is 0 Å². The van der Waals surface area contributed by atoms with E-state index in [1.807, 2.05) is 0 Å². The van der Waals surface area contributed by atoms with Crippen molar-refractivity contribution in [3.05, 3.63) is 0 Å². The van der Waals surface area contributed by atoms with Crippen molar-refractivity contribution in [1.29, 1.82) is 0 Å². The molecule has 1 aliphatic carbocycles. The third-order valence-electron chi connectivity index (χ3n) is 2.71. The van der Waals surface area contributed by atoms with Gasteiger partial charge in [0.2, 0.25) is 0 Å². The summed E-state index contributed by atoms with van der Waals surface area (Å²) in [4.78, 5) is 0. The lowest BCUT2D eigenvalue weighted by atomic mass is 10.0. The van der Waals surface area contributed by atoms with Crippen molar-refractivity contribution in [3.63, 3.8) is 0 Å². The fourth-order valence-corrected chi connectivity index (χ4v) is 2.05. The molecular formula is C8H18N2O3S. The molecule has 0 heterocycles. The molecule has 0 aliphatic heterocycles. The SMILES string of the molecule is CN(C)S(=O)(=O)NCC1(CCO)CC1. The van der Waals surface area contributed by atoms with Crippen LogP contribution in [0.15, 0.2) is 0 Å². The minimum Gasteiger partial charge on any atom is -0.396 e. The quantitative estimate of drug-likeness (QED) is 0.639. The first-order valence-corrected chi connectivity index (χ1v) is 6.14. The third kappa shape index (κ3) is 2.91. The first-order valence-electron chi connectivity index (χ1n) is 4.70.